The molecular weight excluding hydrogens is 432 g/mol. The lowest BCUT2D eigenvalue weighted by atomic mass is 9.75. The van der Waals surface area contributed by atoms with Crippen LogP contribution in [0.1, 0.15) is 23.6 Å². The van der Waals surface area contributed by atoms with Crippen LogP contribution in [-0.4, -0.2) is 28.0 Å². The van der Waals surface area contributed by atoms with Crippen LogP contribution in [-0.2, 0) is 21.4 Å². The van der Waals surface area contributed by atoms with Gasteiger partial charge >= 0.3 is 5.97 Å². The van der Waals surface area contributed by atoms with Crippen molar-refractivity contribution >= 4 is 27.8 Å². The number of carbonyl (C=O) groups is 2. The number of amides is 1. The van der Waals surface area contributed by atoms with E-state index in [-0.39, 0.29) is 12.3 Å². The number of hydrogen-bond donors (Lipinski definition) is 2. The van der Waals surface area contributed by atoms with E-state index in [2.05, 4.69) is 26.2 Å². The number of carboxylic acid groups (broad SMARTS) is 1. The average Bonchev–Trinajstić information content (AvgIpc) is 2.75. The molecule has 0 fully saturated rings. The number of hydrogen-bond acceptors (Lipinski definition) is 3. The molecular formula is C23H21BrN2O3. The third kappa shape index (κ3) is 4.54. The lowest BCUT2D eigenvalue weighted by Gasteiger charge is -2.31. The van der Waals surface area contributed by atoms with Crippen LogP contribution in [0.25, 0.3) is 0 Å². The highest BCUT2D eigenvalue weighted by Crippen LogP contribution is 2.32. The first-order chi connectivity index (χ1) is 13.9. The zero-order chi connectivity index (χ0) is 20.9. The van der Waals surface area contributed by atoms with Gasteiger partial charge in [0, 0.05) is 12.6 Å². The number of nitrogens with one attached hydrogen (secondary N) is 1. The molecule has 1 aromatic heterocycles. The molecule has 1 heterocycles. The fraction of sp³-hybridized carbons (Fsp3) is 0.174. The first-order valence-corrected chi connectivity index (χ1v) is 9.96. The Balaban J connectivity index is 1.95. The minimum atomic E-state index is -1.10. The molecule has 3 aromatic rings. The van der Waals surface area contributed by atoms with E-state index in [0.717, 1.165) is 11.1 Å². The number of nitrogens with zero attached hydrogens (tertiary/aromatic N) is 1. The summed E-state index contributed by atoms with van der Waals surface area (Å²) in [5.74, 6) is -1.47. The normalized spacial score (nSPS) is 12.2. The Morgan fingerprint density at radius 3 is 2.03 bits per heavy atom. The van der Waals surface area contributed by atoms with Crippen molar-refractivity contribution in [3.05, 3.63) is 100 Å². The highest BCUT2D eigenvalue weighted by Gasteiger charge is 2.39. The second-order valence-corrected chi connectivity index (χ2v) is 7.63. The Hall–Kier alpha value is -2.99. The summed E-state index contributed by atoms with van der Waals surface area (Å²) in [4.78, 5) is 29.5. The summed E-state index contributed by atoms with van der Waals surface area (Å²) in [5.41, 5.74) is 1.25. The maximum Gasteiger partial charge on any atom is 0.326 e. The number of rotatable bonds is 7. The molecule has 0 aliphatic heterocycles. The molecule has 0 saturated carbocycles. The Bertz CT molecular complexity index is 954. The summed E-state index contributed by atoms with van der Waals surface area (Å²) >= 11 is 3.34. The van der Waals surface area contributed by atoms with E-state index < -0.39 is 17.4 Å². The predicted molar refractivity (Wildman–Crippen MR) is 115 cm³/mol. The van der Waals surface area contributed by atoms with Gasteiger partial charge in [-0.3, -0.25) is 4.79 Å². The maximum atomic E-state index is 13.5. The van der Waals surface area contributed by atoms with Crippen molar-refractivity contribution in [3.63, 3.8) is 0 Å². The summed E-state index contributed by atoms with van der Waals surface area (Å²) in [5, 5.41) is 12.5. The van der Waals surface area contributed by atoms with Crippen LogP contribution >= 0.6 is 15.9 Å². The predicted octanol–water partition coefficient (Wildman–Crippen LogP) is 3.96. The van der Waals surface area contributed by atoms with Crippen molar-refractivity contribution in [1.29, 1.82) is 0 Å². The van der Waals surface area contributed by atoms with Gasteiger partial charge in [-0.1, -0.05) is 66.7 Å². The fourth-order valence-corrected chi connectivity index (χ4v) is 3.68. The number of benzene rings is 2. The Morgan fingerprint density at radius 1 is 1.00 bits per heavy atom. The molecule has 3 rings (SSSR count). The van der Waals surface area contributed by atoms with Crippen LogP contribution < -0.4 is 5.32 Å². The molecule has 29 heavy (non-hydrogen) atoms. The molecule has 1 amide bonds. The summed E-state index contributed by atoms with van der Waals surface area (Å²) in [6.45, 7) is 1.81. The third-order valence-electron chi connectivity index (χ3n) is 5.02. The van der Waals surface area contributed by atoms with E-state index in [1.54, 1.807) is 18.3 Å². The number of carboxylic acids is 1. The van der Waals surface area contributed by atoms with Crippen LogP contribution in [0.15, 0.2) is 83.6 Å². The van der Waals surface area contributed by atoms with Gasteiger partial charge in [0.1, 0.15) is 10.6 Å². The molecule has 2 N–H and O–H groups in total. The van der Waals surface area contributed by atoms with Crippen molar-refractivity contribution in [2.45, 2.75) is 24.8 Å². The van der Waals surface area contributed by atoms with Gasteiger partial charge in [-0.25, -0.2) is 9.78 Å². The van der Waals surface area contributed by atoms with E-state index in [1.807, 2.05) is 67.6 Å². The SMILES string of the molecule is CC(C(=O)N[C@@H](Cc1cccnc1Br)C(=O)O)(c1ccccc1)c1ccccc1. The summed E-state index contributed by atoms with van der Waals surface area (Å²) in [7, 11) is 0. The molecule has 6 heteroatoms. The Labute approximate surface area is 177 Å². The molecule has 0 aliphatic carbocycles. The number of carbonyl (C=O) groups excluding carboxylic acids is 1. The second kappa shape index (κ2) is 9.01. The average molecular weight is 453 g/mol. The molecule has 0 aliphatic rings. The fourth-order valence-electron chi connectivity index (χ4n) is 3.27. The second-order valence-electron chi connectivity index (χ2n) is 6.88. The van der Waals surface area contributed by atoms with Crippen molar-refractivity contribution in [2.75, 3.05) is 0 Å². The quantitative estimate of drug-likeness (QED) is 0.531. The van der Waals surface area contributed by atoms with Gasteiger partial charge in [-0.2, -0.15) is 0 Å². The third-order valence-corrected chi connectivity index (χ3v) is 5.73. The maximum absolute atomic E-state index is 13.5. The highest BCUT2D eigenvalue weighted by molar-refractivity contribution is 9.10. The Morgan fingerprint density at radius 2 is 1.55 bits per heavy atom. The van der Waals surface area contributed by atoms with Gasteiger partial charge in [0.25, 0.3) is 0 Å². The van der Waals surface area contributed by atoms with Crippen molar-refractivity contribution in [3.8, 4) is 0 Å². The monoisotopic (exact) mass is 452 g/mol. The first kappa shape index (κ1) is 20.7. The lowest BCUT2D eigenvalue weighted by molar-refractivity contribution is -0.142. The van der Waals surface area contributed by atoms with Gasteiger partial charge in [-0.15, -0.1) is 0 Å². The minimum absolute atomic E-state index is 0.120. The lowest BCUT2D eigenvalue weighted by Crippen LogP contribution is -2.50. The Kier molecular flexibility index (Phi) is 6.44. The van der Waals surface area contributed by atoms with Gasteiger partial charge in [0.05, 0.1) is 5.41 Å². The standard InChI is InChI=1S/C23H21BrN2O3/c1-23(17-10-4-2-5-11-17,18-12-6-3-7-13-18)22(29)26-19(21(27)28)15-16-9-8-14-25-20(16)24/h2-14,19H,15H2,1H3,(H,26,29)(H,27,28)/t19-/m0/s1. The zero-order valence-electron chi connectivity index (χ0n) is 15.9. The number of halogens is 1. The molecule has 2 aromatic carbocycles. The molecule has 0 saturated heterocycles. The van der Waals surface area contributed by atoms with Gasteiger partial charge in [-0.05, 0) is 45.6 Å². The molecule has 1 atom stereocenters. The first-order valence-electron chi connectivity index (χ1n) is 9.17. The van der Waals surface area contributed by atoms with Gasteiger partial charge in [0.15, 0.2) is 0 Å². The minimum Gasteiger partial charge on any atom is -0.480 e. The number of aromatic nitrogens is 1. The van der Waals surface area contributed by atoms with E-state index in [9.17, 15) is 14.7 Å². The summed E-state index contributed by atoms with van der Waals surface area (Å²) in [6, 6.07) is 21.2. The molecule has 0 bridgehead atoms. The zero-order valence-corrected chi connectivity index (χ0v) is 17.5. The number of pyridine rings is 1. The van der Waals surface area contributed by atoms with Gasteiger partial charge in [0.2, 0.25) is 5.91 Å². The van der Waals surface area contributed by atoms with Gasteiger partial charge < -0.3 is 10.4 Å². The molecule has 0 unspecified atom stereocenters. The molecule has 5 nitrogen and oxygen atoms in total. The smallest absolute Gasteiger partial charge is 0.326 e. The van der Waals surface area contributed by atoms with E-state index in [1.165, 1.54) is 0 Å². The van der Waals surface area contributed by atoms with Crippen LogP contribution in [0.5, 0.6) is 0 Å². The molecule has 148 valence electrons. The van der Waals surface area contributed by atoms with Crippen LogP contribution in [0.4, 0.5) is 0 Å². The summed E-state index contributed by atoms with van der Waals surface area (Å²) in [6.07, 6.45) is 1.74. The van der Waals surface area contributed by atoms with Crippen molar-refractivity contribution < 1.29 is 14.7 Å². The largest absolute Gasteiger partial charge is 0.480 e. The van der Waals surface area contributed by atoms with Crippen molar-refractivity contribution in [1.82, 2.24) is 10.3 Å². The van der Waals surface area contributed by atoms with E-state index in [4.69, 9.17) is 0 Å². The van der Waals surface area contributed by atoms with E-state index >= 15 is 0 Å². The van der Waals surface area contributed by atoms with Crippen LogP contribution in [0, 0.1) is 0 Å². The van der Waals surface area contributed by atoms with Crippen LogP contribution in [0.2, 0.25) is 0 Å². The molecule has 0 radical (unpaired) electrons. The van der Waals surface area contributed by atoms with Crippen molar-refractivity contribution in [2.24, 2.45) is 0 Å². The molecule has 0 spiro atoms. The highest BCUT2D eigenvalue weighted by atomic mass is 79.9. The van der Waals surface area contributed by atoms with Crippen LogP contribution in [0.3, 0.4) is 0 Å². The summed E-state index contributed by atoms with van der Waals surface area (Å²) < 4.78 is 0.564. The topological polar surface area (TPSA) is 79.3 Å². The van der Waals surface area contributed by atoms with E-state index in [0.29, 0.717) is 10.2 Å². The number of aliphatic carboxylic acids is 1.